The van der Waals surface area contributed by atoms with Gasteiger partial charge in [0, 0.05) is 18.0 Å². The fraction of sp³-hybridized carbons (Fsp3) is 0.158. The second kappa shape index (κ2) is 7.59. The summed E-state index contributed by atoms with van der Waals surface area (Å²) >= 11 is 0. The van der Waals surface area contributed by atoms with Crippen molar-refractivity contribution in [2.75, 3.05) is 4.72 Å². The van der Waals surface area contributed by atoms with Crippen LogP contribution in [-0.2, 0) is 10.0 Å². The zero-order valence-corrected chi connectivity index (χ0v) is 17.2. The van der Waals surface area contributed by atoms with E-state index in [2.05, 4.69) is 25.2 Å². The maximum Gasteiger partial charge on any atom is 0.267 e. The zero-order chi connectivity index (χ0) is 21.3. The molecule has 0 aliphatic rings. The van der Waals surface area contributed by atoms with Gasteiger partial charge in [-0.1, -0.05) is 5.16 Å². The normalized spacial score (nSPS) is 11.4. The van der Waals surface area contributed by atoms with E-state index in [0.29, 0.717) is 28.8 Å². The minimum absolute atomic E-state index is 0.0329. The number of benzene rings is 1. The van der Waals surface area contributed by atoms with Gasteiger partial charge in [-0.15, -0.1) is 10.2 Å². The lowest BCUT2D eigenvalue weighted by atomic mass is 10.3. The Morgan fingerprint density at radius 1 is 1.00 bits per heavy atom. The van der Waals surface area contributed by atoms with Crippen LogP contribution in [0, 0.1) is 20.8 Å². The molecular weight excluding hydrogens is 408 g/mol. The van der Waals surface area contributed by atoms with Crippen LogP contribution in [0.2, 0.25) is 0 Å². The van der Waals surface area contributed by atoms with Crippen LogP contribution in [0.3, 0.4) is 0 Å². The second-order valence-corrected chi connectivity index (χ2v) is 8.14. The van der Waals surface area contributed by atoms with Gasteiger partial charge in [0.15, 0.2) is 16.5 Å². The smallest absolute Gasteiger partial charge is 0.267 e. The fourth-order valence-corrected chi connectivity index (χ4v) is 4.20. The molecule has 0 radical (unpaired) electrons. The zero-order valence-electron chi connectivity index (χ0n) is 16.4. The number of aryl methyl sites for hydroxylation is 3. The van der Waals surface area contributed by atoms with Crippen molar-refractivity contribution in [1.82, 2.24) is 25.1 Å². The largest absolute Gasteiger partial charge is 0.438 e. The quantitative estimate of drug-likeness (QED) is 0.498. The third-order valence-electron chi connectivity index (χ3n) is 4.15. The summed E-state index contributed by atoms with van der Waals surface area (Å²) in [5.41, 5.74) is 1.55. The van der Waals surface area contributed by atoms with Gasteiger partial charge in [0.1, 0.15) is 11.4 Å². The molecule has 154 valence electrons. The number of aromatic nitrogens is 5. The van der Waals surface area contributed by atoms with Crippen LogP contribution < -0.4 is 9.46 Å². The molecule has 3 aromatic heterocycles. The van der Waals surface area contributed by atoms with Crippen molar-refractivity contribution in [3.05, 3.63) is 65.8 Å². The Kier molecular flexibility index (Phi) is 4.96. The molecule has 0 aliphatic heterocycles. The number of ether oxygens (including phenoxy) is 1. The van der Waals surface area contributed by atoms with E-state index in [1.165, 1.54) is 0 Å². The maximum absolute atomic E-state index is 12.6. The van der Waals surface area contributed by atoms with E-state index in [1.54, 1.807) is 61.1 Å². The minimum Gasteiger partial charge on any atom is -0.438 e. The Balaban J connectivity index is 1.45. The average Bonchev–Trinajstić information content (AvgIpc) is 3.29. The molecule has 4 rings (SSSR count). The fourth-order valence-electron chi connectivity index (χ4n) is 2.81. The molecule has 1 aromatic carbocycles. The van der Waals surface area contributed by atoms with Crippen molar-refractivity contribution in [1.29, 1.82) is 0 Å². The van der Waals surface area contributed by atoms with Crippen molar-refractivity contribution in [3.63, 3.8) is 0 Å². The molecule has 0 amide bonds. The average molecular weight is 426 g/mol. The van der Waals surface area contributed by atoms with E-state index in [9.17, 15) is 8.42 Å². The van der Waals surface area contributed by atoms with Crippen LogP contribution in [0.15, 0.2) is 58.1 Å². The van der Waals surface area contributed by atoms with Gasteiger partial charge in [0.05, 0.1) is 5.69 Å². The van der Waals surface area contributed by atoms with Gasteiger partial charge in [-0.3, -0.25) is 4.72 Å². The van der Waals surface area contributed by atoms with Gasteiger partial charge < -0.3 is 9.26 Å². The highest BCUT2D eigenvalue weighted by atomic mass is 32.2. The Hall–Kier alpha value is -3.73. The van der Waals surface area contributed by atoms with Crippen LogP contribution in [0.25, 0.3) is 5.82 Å². The molecule has 0 bridgehead atoms. The van der Waals surface area contributed by atoms with E-state index >= 15 is 0 Å². The molecule has 0 saturated carbocycles. The molecule has 0 spiro atoms. The van der Waals surface area contributed by atoms with Crippen LogP contribution in [0.4, 0.5) is 5.69 Å². The van der Waals surface area contributed by atoms with Gasteiger partial charge in [-0.2, -0.15) is 5.10 Å². The van der Waals surface area contributed by atoms with Crippen molar-refractivity contribution in [2.24, 2.45) is 0 Å². The van der Waals surface area contributed by atoms with Crippen LogP contribution in [0.1, 0.15) is 17.1 Å². The molecule has 0 saturated heterocycles. The SMILES string of the molecule is Cc1ccn(-c2ccc(Oc3ccc(NS(=O)(=O)c4c(C)noc4C)cc3)nn2)n1. The van der Waals surface area contributed by atoms with E-state index < -0.39 is 10.0 Å². The summed E-state index contributed by atoms with van der Waals surface area (Å²) in [6.45, 7) is 5.01. The number of sulfonamides is 1. The third-order valence-corrected chi connectivity index (χ3v) is 5.77. The number of anilines is 1. The molecule has 0 aliphatic carbocycles. The van der Waals surface area contributed by atoms with Crippen LogP contribution in [0.5, 0.6) is 11.6 Å². The van der Waals surface area contributed by atoms with E-state index in [4.69, 9.17) is 9.26 Å². The predicted octanol–water partition coefficient (Wildman–Crippen LogP) is 3.17. The highest BCUT2D eigenvalue weighted by Crippen LogP contribution is 2.25. The molecule has 1 N–H and O–H groups in total. The van der Waals surface area contributed by atoms with Gasteiger partial charge in [-0.25, -0.2) is 13.1 Å². The first kappa shape index (κ1) is 19.6. The monoisotopic (exact) mass is 426 g/mol. The van der Waals surface area contributed by atoms with E-state index in [0.717, 1.165) is 5.69 Å². The number of hydrogen-bond donors (Lipinski definition) is 1. The van der Waals surface area contributed by atoms with Crippen LogP contribution >= 0.6 is 0 Å². The first-order valence-corrected chi connectivity index (χ1v) is 10.4. The maximum atomic E-state index is 12.6. The topological polar surface area (TPSA) is 125 Å². The van der Waals surface area contributed by atoms with Crippen molar-refractivity contribution in [3.8, 4) is 17.4 Å². The molecule has 0 fully saturated rings. The summed E-state index contributed by atoms with van der Waals surface area (Å²) in [6, 6.07) is 11.7. The Bertz CT molecular complexity index is 1260. The van der Waals surface area contributed by atoms with Crippen molar-refractivity contribution in [2.45, 2.75) is 25.7 Å². The summed E-state index contributed by atoms with van der Waals surface area (Å²) in [7, 11) is -3.81. The molecule has 0 unspecified atom stereocenters. The molecular formula is C19H18N6O4S. The second-order valence-electron chi connectivity index (χ2n) is 6.52. The molecule has 30 heavy (non-hydrogen) atoms. The Morgan fingerprint density at radius 3 is 2.33 bits per heavy atom. The summed E-state index contributed by atoms with van der Waals surface area (Å²) < 4.78 is 39.8. The number of nitrogens with zero attached hydrogens (tertiary/aromatic N) is 5. The van der Waals surface area contributed by atoms with Gasteiger partial charge >= 0.3 is 0 Å². The summed E-state index contributed by atoms with van der Waals surface area (Å²) in [4.78, 5) is 0.0329. The number of rotatable bonds is 6. The third kappa shape index (κ3) is 4.01. The highest BCUT2D eigenvalue weighted by Gasteiger charge is 2.24. The van der Waals surface area contributed by atoms with E-state index in [1.807, 2.05) is 13.0 Å². The molecule has 10 nitrogen and oxygen atoms in total. The Morgan fingerprint density at radius 2 is 1.77 bits per heavy atom. The lowest BCUT2D eigenvalue weighted by molar-refractivity contribution is 0.390. The predicted molar refractivity (Wildman–Crippen MR) is 107 cm³/mol. The number of nitrogens with one attached hydrogen (secondary N) is 1. The molecule has 4 aromatic rings. The molecule has 0 atom stereocenters. The lowest BCUT2D eigenvalue weighted by Crippen LogP contribution is -2.14. The van der Waals surface area contributed by atoms with Gasteiger partial charge in [-0.05, 0) is 57.2 Å². The lowest BCUT2D eigenvalue weighted by Gasteiger charge is -2.09. The van der Waals surface area contributed by atoms with E-state index in [-0.39, 0.29) is 10.7 Å². The summed E-state index contributed by atoms with van der Waals surface area (Å²) in [5, 5.41) is 16.1. The van der Waals surface area contributed by atoms with Crippen molar-refractivity contribution < 1.29 is 17.7 Å². The summed E-state index contributed by atoms with van der Waals surface area (Å²) in [6.07, 6.45) is 1.79. The molecule has 11 heteroatoms. The summed E-state index contributed by atoms with van der Waals surface area (Å²) in [5.74, 6) is 1.57. The molecule has 3 heterocycles. The highest BCUT2D eigenvalue weighted by molar-refractivity contribution is 7.92. The van der Waals surface area contributed by atoms with Gasteiger partial charge in [0.2, 0.25) is 5.88 Å². The van der Waals surface area contributed by atoms with Crippen LogP contribution in [-0.4, -0.2) is 33.6 Å². The first-order chi connectivity index (χ1) is 14.3. The first-order valence-electron chi connectivity index (χ1n) is 8.92. The minimum atomic E-state index is -3.81. The number of hydrogen-bond acceptors (Lipinski definition) is 8. The van der Waals surface area contributed by atoms with Gasteiger partial charge in [0.25, 0.3) is 10.0 Å². The standard InChI is InChI=1S/C19H18N6O4S/c1-12-10-11-25(22-12)17-8-9-18(21-20-17)28-16-6-4-15(5-7-16)24-30(26,27)19-13(2)23-29-14(19)3/h4-11,24H,1-3H3. The Labute approximate surface area is 172 Å². The van der Waals surface area contributed by atoms with Crippen molar-refractivity contribution >= 4 is 15.7 Å².